The van der Waals surface area contributed by atoms with Gasteiger partial charge in [0.2, 0.25) is 5.91 Å². The van der Waals surface area contributed by atoms with Crippen molar-refractivity contribution in [3.63, 3.8) is 0 Å². The fourth-order valence-corrected chi connectivity index (χ4v) is 2.16. The highest BCUT2D eigenvalue weighted by Gasteiger charge is 2.04. The zero-order valence-electron chi connectivity index (χ0n) is 7.37. The summed E-state index contributed by atoms with van der Waals surface area (Å²) in [5.41, 5.74) is 0.811. The van der Waals surface area contributed by atoms with Crippen molar-refractivity contribution in [3.8, 4) is 0 Å². The van der Waals surface area contributed by atoms with Crippen molar-refractivity contribution < 1.29 is 4.79 Å². The molecule has 5 heteroatoms. The van der Waals surface area contributed by atoms with Crippen molar-refractivity contribution in [2.45, 2.75) is 6.92 Å². The Hall–Kier alpha value is -1.13. The Balaban J connectivity index is 2.46. The number of benzene rings is 1. The first-order chi connectivity index (χ1) is 6.65. The average molecular weight is 227 g/mol. The molecule has 1 N–H and O–H groups in total. The van der Waals surface area contributed by atoms with Crippen LogP contribution in [-0.4, -0.2) is 10.9 Å². The summed E-state index contributed by atoms with van der Waals surface area (Å²) < 4.78 is 1.01. The molecule has 14 heavy (non-hydrogen) atoms. The molecule has 0 saturated carbocycles. The number of fused-ring (bicyclic) bond motifs is 1. The maximum absolute atomic E-state index is 10.8. The number of anilines is 1. The van der Waals surface area contributed by atoms with Crippen molar-refractivity contribution in [1.29, 1.82) is 0 Å². The van der Waals surface area contributed by atoms with Crippen LogP contribution in [0.2, 0.25) is 5.02 Å². The lowest BCUT2D eigenvalue weighted by molar-refractivity contribution is -0.114. The van der Waals surface area contributed by atoms with Crippen molar-refractivity contribution in [2.75, 3.05) is 5.32 Å². The van der Waals surface area contributed by atoms with Crippen molar-refractivity contribution in [1.82, 2.24) is 4.98 Å². The van der Waals surface area contributed by atoms with E-state index >= 15 is 0 Å². The lowest BCUT2D eigenvalue weighted by Crippen LogP contribution is -2.04. The van der Waals surface area contributed by atoms with E-state index in [0.29, 0.717) is 10.2 Å². The number of nitrogens with one attached hydrogen (secondary N) is 1. The van der Waals surface area contributed by atoms with Crippen LogP contribution >= 0.6 is 22.9 Å². The number of carbonyl (C=O) groups excluding carboxylic acids is 1. The Kier molecular flexibility index (Phi) is 2.39. The fraction of sp³-hybridized carbons (Fsp3) is 0.111. The molecule has 0 aliphatic heterocycles. The zero-order chi connectivity index (χ0) is 10.1. The van der Waals surface area contributed by atoms with E-state index in [4.69, 9.17) is 11.6 Å². The molecular weight excluding hydrogens is 220 g/mol. The molecule has 1 aromatic heterocycles. The molecule has 2 aromatic rings. The lowest BCUT2D eigenvalue weighted by Gasteiger charge is -1.91. The Morgan fingerprint density at radius 1 is 1.57 bits per heavy atom. The van der Waals surface area contributed by atoms with Gasteiger partial charge in [-0.1, -0.05) is 22.9 Å². The van der Waals surface area contributed by atoms with E-state index in [-0.39, 0.29) is 5.91 Å². The van der Waals surface area contributed by atoms with Gasteiger partial charge in [0.25, 0.3) is 0 Å². The van der Waals surface area contributed by atoms with Crippen LogP contribution in [0.4, 0.5) is 5.13 Å². The Bertz CT molecular complexity index is 495. The number of rotatable bonds is 1. The quantitative estimate of drug-likeness (QED) is 0.813. The molecule has 3 nitrogen and oxygen atoms in total. The first-order valence-electron chi connectivity index (χ1n) is 3.99. The van der Waals surface area contributed by atoms with Gasteiger partial charge in [0.15, 0.2) is 5.13 Å². The Morgan fingerprint density at radius 2 is 2.36 bits per heavy atom. The highest BCUT2D eigenvalue weighted by molar-refractivity contribution is 7.22. The van der Waals surface area contributed by atoms with Gasteiger partial charge in [0.05, 0.1) is 10.2 Å². The highest BCUT2D eigenvalue weighted by Crippen LogP contribution is 2.27. The molecule has 2 rings (SSSR count). The molecule has 0 aliphatic carbocycles. The van der Waals surface area contributed by atoms with Crippen LogP contribution in [0.3, 0.4) is 0 Å². The van der Waals surface area contributed by atoms with Gasteiger partial charge in [-0.05, 0) is 18.2 Å². The standard InChI is InChI=1S/C9H7ClN2OS/c1-5(13)11-9-12-7-4-6(10)2-3-8(7)14-9/h2-4H,1H3,(H,11,12,13). The highest BCUT2D eigenvalue weighted by atomic mass is 35.5. The molecular formula is C9H7ClN2OS. The average Bonchev–Trinajstić information content (AvgIpc) is 2.44. The summed E-state index contributed by atoms with van der Waals surface area (Å²) in [6.07, 6.45) is 0. The molecule has 1 amide bonds. The van der Waals surface area contributed by atoms with Gasteiger partial charge >= 0.3 is 0 Å². The van der Waals surface area contributed by atoms with Crippen molar-refractivity contribution in [2.24, 2.45) is 0 Å². The molecule has 1 heterocycles. The molecule has 0 atom stereocenters. The van der Waals surface area contributed by atoms with E-state index in [1.165, 1.54) is 18.3 Å². The third-order valence-corrected chi connectivity index (χ3v) is 2.82. The molecule has 72 valence electrons. The minimum absolute atomic E-state index is 0.116. The van der Waals surface area contributed by atoms with Gasteiger partial charge in [-0.25, -0.2) is 4.98 Å². The van der Waals surface area contributed by atoms with Crippen LogP contribution in [0, 0.1) is 0 Å². The second-order valence-corrected chi connectivity index (χ2v) is 4.28. The van der Waals surface area contributed by atoms with Gasteiger partial charge < -0.3 is 5.32 Å². The normalized spacial score (nSPS) is 10.4. The van der Waals surface area contributed by atoms with Crippen LogP contribution in [-0.2, 0) is 4.79 Å². The number of thiazole rings is 1. The van der Waals surface area contributed by atoms with Crippen LogP contribution < -0.4 is 5.32 Å². The largest absolute Gasteiger partial charge is 0.302 e. The van der Waals surface area contributed by atoms with Gasteiger partial charge in [-0.2, -0.15) is 0 Å². The van der Waals surface area contributed by atoms with Crippen LogP contribution in [0.25, 0.3) is 10.2 Å². The SMILES string of the molecule is CC(=O)Nc1nc2cc(Cl)ccc2s1. The number of aromatic nitrogens is 1. The fourth-order valence-electron chi connectivity index (χ4n) is 1.10. The summed E-state index contributed by atoms with van der Waals surface area (Å²) in [6.45, 7) is 1.46. The molecule has 1 aromatic carbocycles. The van der Waals surface area contributed by atoms with Gasteiger partial charge in [-0.15, -0.1) is 0 Å². The van der Waals surface area contributed by atoms with Crippen LogP contribution in [0.1, 0.15) is 6.92 Å². The number of hydrogen-bond donors (Lipinski definition) is 1. The smallest absolute Gasteiger partial charge is 0.223 e. The van der Waals surface area contributed by atoms with E-state index in [9.17, 15) is 4.79 Å². The van der Waals surface area contributed by atoms with E-state index in [1.54, 1.807) is 12.1 Å². The lowest BCUT2D eigenvalue weighted by atomic mass is 10.3. The molecule has 0 bridgehead atoms. The van der Waals surface area contributed by atoms with Gasteiger partial charge in [-0.3, -0.25) is 4.79 Å². The number of nitrogens with zero attached hydrogens (tertiary/aromatic N) is 1. The summed E-state index contributed by atoms with van der Waals surface area (Å²) in [7, 11) is 0. The first kappa shape index (κ1) is 9.43. The summed E-state index contributed by atoms with van der Waals surface area (Å²) in [4.78, 5) is 15.0. The number of amides is 1. The third-order valence-electron chi connectivity index (χ3n) is 1.63. The Labute approximate surface area is 89.7 Å². The van der Waals surface area contributed by atoms with E-state index in [1.807, 2.05) is 6.07 Å². The third kappa shape index (κ3) is 1.86. The maximum atomic E-state index is 10.8. The molecule has 0 spiro atoms. The number of carbonyl (C=O) groups is 1. The number of halogens is 1. The predicted molar refractivity (Wildman–Crippen MR) is 58.9 cm³/mol. The molecule has 0 radical (unpaired) electrons. The molecule has 0 fully saturated rings. The number of hydrogen-bond acceptors (Lipinski definition) is 3. The topological polar surface area (TPSA) is 42.0 Å². The Morgan fingerprint density at radius 3 is 3.07 bits per heavy atom. The summed E-state index contributed by atoms with van der Waals surface area (Å²) >= 11 is 7.24. The van der Waals surface area contributed by atoms with Crippen molar-refractivity contribution in [3.05, 3.63) is 23.2 Å². The second kappa shape index (κ2) is 3.55. The van der Waals surface area contributed by atoms with E-state index in [0.717, 1.165) is 10.2 Å². The predicted octanol–water partition coefficient (Wildman–Crippen LogP) is 2.91. The summed E-state index contributed by atoms with van der Waals surface area (Å²) in [5.74, 6) is -0.116. The first-order valence-corrected chi connectivity index (χ1v) is 5.18. The van der Waals surface area contributed by atoms with E-state index < -0.39 is 0 Å². The molecule has 0 saturated heterocycles. The molecule has 0 aliphatic rings. The summed E-state index contributed by atoms with van der Waals surface area (Å²) in [5, 5.41) is 3.90. The zero-order valence-corrected chi connectivity index (χ0v) is 8.95. The minimum atomic E-state index is -0.116. The summed E-state index contributed by atoms with van der Waals surface area (Å²) in [6, 6.07) is 5.47. The second-order valence-electron chi connectivity index (χ2n) is 2.81. The molecule has 0 unspecified atom stereocenters. The minimum Gasteiger partial charge on any atom is -0.302 e. The van der Waals surface area contributed by atoms with Gasteiger partial charge in [0.1, 0.15) is 0 Å². The maximum Gasteiger partial charge on any atom is 0.223 e. The van der Waals surface area contributed by atoms with Crippen LogP contribution in [0.15, 0.2) is 18.2 Å². The van der Waals surface area contributed by atoms with E-state index in [2.05, 4.69) is 10.3 Å². The van der Waals surface area contributed by atoms with Crippen molar-refractivity contribution >= 4 is 44.2 Å². The van der Waals surface area contributed by atoms with Gasteiger partial charge in [0, 0.05) is 11.9 Å². The van der Waals surface area contributed by atoms with Crippen LogP contribution in [0.5, 0.6) is 0 Å². The monoisotopic (exact) mass is 226 g/mol.